The standard InChI is InChI=1S/C35H31N3O7S2/c39-24(36-23-8-3-6-17-5-1-2-7-20(17)23)16-45-19-12-10-18(11-13-19)26-27-21-15-22(30(27)46-32-31(26)47-35(44)37-32)29-28(21)33(42)38(34(29)43)14-4-9-25(40)41/h1-3,5-8,10-13,21-22,26-30H,4,9,14-16H2,(H,36,39)(H,37,44)(H,40,41)/t21?,22?,26-,27?,28?,29?,30?/m1/s1. The minimum atomic E-state index is -0.949. The summed E-state index contributed by atoms with van der Waals surface area (Å²) in [5, 5.41) is 14.9. The molecule has 1 aromatic heterocycles. The molecule has 2 bridgehead atoms. The van der Waals surface area contributed by atoms with Gasteiger partial charge < -0.3 is 20.1 Å². The number of nitrogens with one attached hydrogen (secondary N) is 2. The number of H-pyrrole nitrogens is 1. The predicted molar refractivity (Wildman–Crippen MR) is 177 cm³/mol. The van der Waals surface area contributed by atoms with Crippen LogP contribution in [0.4, 0.5) is 5.69 Å². The SMILES string of the molecule is O=C(O)CCCN1C(=O)C2C3CC(C2C1=O)C1C3Sc2[nH]c(=O)sc2[C@@H]1c1ccc(OCC(=O)Nc2cccc3ccccc23)cc1. The van der Waals surface area contributed by atoms with E-state index in [0.717, 1.165) is 38.3 Å². The van der Waals surface area contributed by atoms with Gasteiger partial charge >= 0.3 is 10.8 Å². The lowest BCUT2D eigenvalue weighted by Crippen LogP contribution is -2.42. The van der Waals surface area contributed by atoms with E-state index in [1.54, 1.807) is 11.8 Å². The van der Waals surface area contributed by atoms with Gasteiger partial charge in [0.25, 0.3) is 5.91 Å². The molecule has 3 fully saturated rings. The molecule has 2 saturated carbocycles. The molecule has 3 amide bonds. The Morgan fingerprint density at radius 1 is 0.957 bits per heavy atom. The van der Waals surface area contributed by atoms with Gasteiger partial charge in [0.05, 0.1) is 16.9 Å². The highest BCUT2D eigenvalue weighted by molar-refractivity contribution is 8.00. The first kappa shape index (κ1) is 29.9. The van der Waals surface area contributed by atoms with E-state index in [9.17, 15) is 24.0 Å². The zero-order chi connectivity index (χ0) is 32.4. The number of aromatic nitrogens is 1. The van der Waals surface area contributed by atoms with Gasteiger partial charge in [-0.3, -0.25) is 28.9 Å². The van der Waals surface area contributed by atoms with Crippen molar-refractivity contribution in [3.63, 3.8) is 0 Å². The Labute approximate surface area is 277 Å². The summed E-state index contributed by atoms with van der Waals surface area (Å²) >= 11 is 2.82. The lowest BCUT2D eigenvalue weighted by Gasteiger charge is -2.43. The van der Waals surface area contributed by atoms with Crippen LogP contribution in [0.25, 0.3) is 10.8 Å². The largest absolute Gasteiger partial charge is 0.484 e. The average molecular weight is 670 g/mol. The molecule has 2 aliphatic heterocycles. The number of carbonyl (C=O) groups is 4. The van der Waals surface area contributed by atoms with Crippen molar-refractivity contribution < 1.29 is 29.0 Å². The topological polar surface area (TPSA) is 146 Å². The van der Waals surface area contributed by atoms with Crippen molar-refractivity contribution in [1.29, 1.82) is 0 Å². The molecular formula is C35H31N3O7S2. The number of nitrogens with zero attached hydrogens (tertiary/aromatic N) is 1. The Bertz CT molecular complexity index is 1980. The van der Waals surface area contributed by atoms with Crippen LogP contribution in [0, 0.1) is 29.6 Å². The molecule has 3 N–H and O–H groups in total. The predicted octanol–water partition coefficient (Wildman–Crippen LogP) is 4.95. The first-order valence-corrected chi connectivity index (χ1v) is 17.4. The number of fused-ring (bicyclic) bond motifs is 10. The van der Waals surface area contributed by atoms with E-state index in [-0.39, 0.29) is 77.5 Å². The van der Waals surface area contributed by atoms with Crippen molar-refractivity contribution in [2.45, 2.75) is 35.5 Å². The summed E-state index contributed by atoms with van der Waals surface area (Å²) in [5.74, 6) is -1.95. The molecule has 7 atom stereocenters. The van der Waals surface area contributed by atoms with E-state index in [1.165, 1.54) is 16.2 Å². The van der Waals surface area contributed by atoms with Crippen LogP contribution in [0.1, 0.15) is 35.6 Å². The minimum absolute atomic E-state index is 0.00262. The summed E-state index contributed by atoms with van der Waals surface area (Å²) in [6, 6.07) is 21.2. The van der Waals surface area contributed by atoms with Gasteiger partial charge in [-0.2, -0.15) is 0 Å². The van der Waals surface area contributed by atoms with E-state index in [1.807, 2.05) is 66.7 Å². The Morgan fingerprint density at radius 2 is 1.70 bits per heavy atom. The number of carboxylic acid groups (broad SMARTS) is 1. The van der Waals surface area contributed by atoms with Gasteiger partial charge in [-0.1, -0.05) is 59.9 Å². The second-order valence-corrected chi connectivity index (χ2v) is 14.9. The van der Waals surface area contributed by atoms with Crippen molar-refractivity contribution in [1.82, 2.24) is 9.88 Å². The van der Waals surface area contributed by atoms with E-state index in [4.69, 9.17) is 9.84 Å². The number of thioether (sulfide) groups is 1. The van der Waals surface area contributed by atoms with Gasteiger partial charge in [-0.15, -0.1) is 11.8 Å². The summed E-state index contributed by atoms with van der Waals surface area (Å²) in [6.45, 7) is -0.0345. The third-order valence-corrected chi connectivity index (χ3v) is 12.8. The number of imide groups is 1. The number of thiazole rings is 1. The molecule has 2 aliphatic carbocycles. The van der Waals surface area contributed by atoms with Crippen molar-refractivity contribution in [2.75, 3.05) is 18.5 Å². The molecule has 8 rings (SSSR count). The number of aromatic amines is 1. The van der Waals surface area contributed by atoms with Crippen molar-refractivity contribution in [2.24, 2.45) is 29.6 Å². The number of benzene rings is 3. The van der Waals surface area contributed by atoms with Gasteiger partial charge in [-0.25, -0.2) is 0 Å². The maximum atomic E-state index is 13.6. The van der Waals surface area contributed by atoms with E-state index in [2.05, 4.69) is 10.3 Å². The third-order valence-electron chi connectivity index (χ3n) is 10.3. The lowest BCUT2D eigenvalue weighted by molar-refractivity contribution is -0.142. The average Bonchev–Trinajstić information content (AvgIpc) is 3.80. The fourth-order valence-corrected chi connectivity index (χ4v) is 11.4. The molecular weight excluding hydrogens is 639 g/mol. The van der Waals surface area contributed by atoms with Crippen LogP contribution in [0.2, 0.25) is 0 Å². The van der Waals surface area contributed by atoms with Gasteiger partial charge in [0.2, 0.25) is 11.8 Å². The number of ether oxygens (including phenoxy) is 1. The normalized spacial score (nSPS) is 27.1. The molecule has 6 unspecified atom stereocenters. The smallest absolute Gasteiger partial charge is 0.305 e. The third kappa shape index (κ3) is 5.05. The quantitative estimate of drug-likeness (QED) is 0.213. The van der Waals surface area contributed by atoms with Gasteiger partial charge in [0.15, 0.2) is 6.61 Å². The zero-order valence-corrected chi connectivity index (χ0v) is 26.7. The molecule has 10 nitrogen and oxygen atoms in total. The molecule has 240 valence electrons. The molecule has 1 saturated heterocycles. The van der Waals surface area contributed by atoms with E-state index < -0.39 is 17.8 Å². The Kier molecular flexibility index (Phi) is 7.44. The van der Waals surface area contributed by atoms with Crippen LogP contribution in [0.15, 0.2) is 76.6 Å². The highest BCUT2D eigenvalue weighted by Gasteiger charge is 2.69. The Balaban J connectivity index is 1.01. The lowest BCUT2D eigenvalue weighted by atomic mass is 9.68. The van der Waals surface area contributed by atoms with Crippen molar-refractivity contribution in [3.8, 4) is 5.75 Å². The highest BCUT2D eigenvalue weighted by Crippen LogP contribution is 2.68. The molecule has 4 aromatic rings. The molecule has 47 heavy (non-hydrogen) atoms. The molecule has 3 heterocycles. The van der Waals surface area contributed by atoms with Gasteiger partial charge in [0.1, 0.15) is 5.75 Å². The van der Waals surface area contributed by atoms with E-state index >= 15 is 0 Å². The number of hydrogen-bond donors (Lipinski definition) is 3. The highest BCUT2D eigenvalue weighted by atomic mass is 32.2. The van der Waals surface area contributed by atoms with Crippen LogP contribution >= 0.6 is 23.1 Å². The molecule has 0 spiro atoms. The second kappa shape index (κ2) is 11.7. The zero-order valence-electron chi connectivity index (χ0n) is 25.1. The maximum Gasteiger partial charge on any atom is 0.305 e. The number of likely N-dealkylation sites (tertiary alicyclic amines) is 1. The van der Waals surface area contributed by atoms with Crippen LogP contribution in [0.3, 0.4) is 0 Å². The van der Waals surface area contributed by atoms with E-state index in [0.29, 0.717) is 5.75 Å². The number of hydrogen-bond acceptors (Lipinski definition) is 8. The van der Waals surface area contributed by atoms with Gasteiger partial charge in [0, 0.05) is 40.1 Å². The van der Waals surface area contributed by atoms with Crippen molar-refractivity contribution >= 4 is 63.2 Å². The molecule has 0 radical (unpaired) electrons. The summed E-state index contributed by atoms with van der Waals surface area (Å²) in [7, 11) is 0. The first-order chi connectivity index (χ1) is 22.8. The van der Waals surface area contributed by atoms with Crippen LogP contribution in [-0.2, 0) is 19.2 Å². The first-order valence-electron chi connectivity index (χ1n) is 15.8. The molecule has 4 aliphatic rings. The number of anilines is 1. The summed E-state index contributed by atoms with van der Waals surface area (Å²) in [4.78, 5) is 68.6. The van der Waals surface area contributed by atoms with Crippen molar-refractivity contribution in [3.05, 3.63) is 86.8 Å². The van der Waals surface area contributed by atoms with Crippen LogP contribution in [0.5, 0.6) is 5.75 Å². The number of aliphatic carboxylic acids is 1. The maximum absolute atomic E-state index is 13.6. The van der Waals surface area contributed by atoms with Crippen LogP contribution < -0.4 is 14.9 Å². The summed E-state index contributed by atoms with van der Waals surface area (Å²) < 4.78 is 5.85. The van der Waals surface area contributed by atoms with Gasteiger partial charge in [-0.05, 0) is 59.7 Å². The molecule has 12 heteroatoms. The fourth-order valence-electron chi connectivity index (χ4n) is 8.50. The summed E-state index contributed by atoms with van der Waals surface area (Å²) in [6.07, 6.45) is 0.926. The number of rotatable bonds is 9. The van der Waals surface area contributed by atoms with Crippen LogP contribution in [-0.4, -0.2) is 57.1 Å². The number of amides is 3. The summed E-state index contributed by atoms with van der Waals surface area (Å²) in [5.41, 5.74) is 1.71. The Morgan fingerprint density at radius 3 is 2.49 bits per heavy atom. The minimum Gasteiger partial charge on any atom is -0.484 e. The fraction of sp³-hybridized carbons (Fsp3) is 0.343. The monoisotopic (exact) mass is 669 g/mol. The second-order valence-electron chi connectivity index (χ2n) is 12.7. The number of carboxylic acids is 1. The molecule has 3 aromatic carbocycles. The number of carbonyl (C=O) groups excluding carboxylic acids is 3. The Hall–Kier alpha value is -4.42.